The number of aromatic hydroxyl groups is 1. The number of hydrogen-bond donors (Lipinski definition) is 2. The first-order valence-electron chi connectivity index (χ1n) is 9.73. The largest absolute Gasteiger partial charge is 0.506 e. The minimum atomic E-state index is -0.495. The van der Waals surface area contributed by atoms with Crippen LogP contribution in [0.1, 0.15) is 15.9 Å². The van der Waals surface area contributed by atoms with Gasteiger partial charge in [-0.05, 0) is 36.2 Å². The van der Waals surface area contributed by atoms with E-state index in [1.807, 2.05) is 24.3 Å². The number of hydrogen-bond acceptors (Lipinski definition) is 6. The third-order valence-corrected chi connectivity index (χ3v) is 5.31. The Balaban J connectivity index is 1.65. The molecule has 0 aliphatic heterocycles. The molecule has 2 N–H and O–H groups in total. The second-order valence-electron chi connectivity index (χ2n) is 7.01. The number of aromatic nitrogens is 3. The van der Waals surface area contributed by atoms with Gasteiger partial charge in [0.15, 0.2) is 0 Å². The fourth-order valence-electron chi connectivity index (χ4n) is 3.35. The second kappa shape index (κ2) is 9.07. The van der Waals surface area contributed by atoms with Crippen LogP contribution in [0, 0.1) is 0 Å². The molecule has 0 unspecified atom stereocenters. The van der Waals surface area contributed by atoms with Gasteiger partial charge in [-0.3, -0.25) is 19.1 Å². The van der Waals surface area contributed by atoms with E-state index in [1.165, 1.54) is 41.5 Å². The molecule has 0 saturated heterocycles. The number of para-hydroxylation sites is 1. The highest BCUT2D eigenvalue weighted by atomic mass is 35.5. The normalized spacial score (nSPS) is 10.8. The molecule has 0 radical (unpaired) electrons. The fourth-order valence-corrected chi connectivity index (χ4v) is 3.53. The van der Waals surface area contributed by atoms with Gasteiger partial charge in [-0.2, -0.15) is 0 Å². The Morgan fingerprint density at radius 1 is 1.22 bits per heavy atom. The summed E-state index contributed by atoms with van der Waals surface area (Å²) in [5, 5.41) is 12.5. The van der Waals surface area contributed by atoms with E-state index in [0.717, 1.165) is 11.3 Å². The van der Waals surface area contributed by atoms with Crippen LogP contribution in [0.4, 0.5) is 5.69 Å². The first-order valence-corrected chi connectivity index (χ1v) is 10.1. The van der Waals surface area contributed by atoms with Crippen LogP contribution in [-0.4, -0.2) is 32.7 Å². The molecule has 162 valence electrons. The van der Waals surface area contributed by atoms with Crippen molar-refractivity contribution in [1.82, 2.24) is 14.5 Å². The molecule has 32 heavy (non-hydrogen) atoms. The maximum Gasteiger partial charge on any atom is 0.263 e. The molecule has 0 aliphatic rings. The maximum absolute atomic E-state index is 13.2. The van der Waals surface area contributed by atoms with Crippen LogP contribution in [0.5, 0.6) is 11.5 Å². The van der Waals surface area contributed by atoms with Gasteiger partial charge in [-0.15, -0.1) is 0 Å². The number of ether oxygens (including phenoxy) is 1. The number of rotatable bonds is 6. The SMILES string of the molecule is COc1ccccc1CCn1cnc2cncc(NC(=O)c3ccc(O)c(Cl)c3)c2c1=O. The van der Waals surface area contributed by atoms with E-state index >= 15 is 0 Å². The highest BCUT2D eigenvalue weighted by Gasteiger charge is 2.15. The lowest BCUT2D eigenvalue weighted by atomic mass is 10.1. The molecule has 0 atom stereocenters. The number of carbonyl (C=O) groups excluding carboxylic acids is 1. The van der Waals surface area contributed by atoms with Crippen LogP contribution in [0.2, 0.25) is 5.02 Å². The topological polar surface area (TPSA) is 106 Å². The number of fused-ring (bicyclic) bond motifs is 1. The van der Waals surface area contributed by atoms with Crippen molar-refractivity contribution in [3.8, 4) is 11.5 Å². The van der Waals surface area contributed by atoms with Gasteiger partial charge in [0.05, 0.1) is 47.4 Å². The van der Waals surface area contributed by atoms with Crippen LogP contribution in [0.25, 0.3) is 10.9 Å². The standard InChI is InChI=1S/C23H19ClN4O4/c1-32-20-5-3-2-4-14(20)8-9-28-13-26-17-11-25-12-18(21(17)23(28)31)27-22(30)15-6-7-19(29)16(24)10-15/h2-7,10-13,29H,8-9H2,1H3,(H,27,30). The molecule has 2 aromatic carbocycles. The lowest BCUT2D eigenvalue weighted by Gasteiger charge is -2.12. The number of pyridine rings is 1. The molecular weight excluding hydrogens is 432 g/mol. The van der Waals surface area contributed by atoms with Gasteiger partial charge >= 0.3 is 0 Å². The summed E-state index contributed by atoms with van der Waals surface area (Å²) in [5.74, 6) is 0.126. The second-order valence-corrected chi connectivity index (χ2v) is 7.41. The quantitative estimate of drug-likeness (QED) is 0.464. The molecule has 9 heteroatoms. The van der Waals surface area contributed by atoms with E-state index in [4.69, 9.17) is 16.3 Å². The molecule has 4 aromatic rings. The Hall–Kier alpha value is -3.91. The average Bonchev–Trinajstić information content (AvgIpc) is 2.80. The molecule has 0 fully saturated rings. The average molecular weight is 451 g/mol. The number of phenolic OH excluding ortho intramolecular Hbond substituents is 1. The molecule has 2 heterocycles. The Morgan fingerprint density at radius 2 is 2.03 bits per heavy atom. The van der Waals surface area contributed by atoms with Crippen molar-refractivity contribution in [2.45, 2.75) is 13.0 Å². The smallest absolute Gasteiger partial charge is 0.263 e. The van der Waals surface area contributed by atoms with Gasteiger partial charge in [0.25, 0.3) is 11.5 Å². The lowest BCUT2D eigenvalue weighted by molar-refractivity contribution is 0.102. The number of aryl methyl sites for hydroxylation is 2. The zero-order valence-electron chi connectivity index (χ0n) is 17.1. The number of nitrogens with zero attached hydrogens (tertiary/aromatic N) is 3. The van der Waals surface area contributed by atoms with Crippen molar-refractivity contribution >= 4 is 34.1 Å². The highest BCUT2D eigenvalue weighted by Crippen LogP contribution is 2.25. The number of methoxy groups -OCH3 is 1. The van der Waals surface area contributed by atoms with Crippen molar-refractivity contribution in [2.75, 3.05) is 12.4 Å². The van der Waals surface area contributed by atoms with E-state index in [1.54, 1.807) is 7.11 Å². The summed E-state index contributed by atoms with van der Waals surface area (Å²) in [6.07, 6.45) is 4.90. The summed E-state index contributed by atoms with van der Waals surface area (Å²) >= 11 is 5.89. The van der Waals surface area contributed by atoms with Crippen molar-refractivity contribution in [3.05, 3.63) is 87.7 Å². The Bertz CT molecular complexity index is 1370. The highest BCUT2D eigenvalue weighted by molar-refractivity contribution is 6.32. The van der Waals surface area contributed by atoms with E-state index < -0.39 is 5.91 Å². The van der Waals surface area contributed by atoms with Gasteiger partial charge < -0.3 is 15.2 Å². The monoisotopic (exact) mass is 450 g/mol. The molecule has 2 aromatic heterocycles. The fraction of sp³-hybridized carbons (Fsp3) is 0.130. The Morgan fingerprint density at radius 3 is 2.81 bits per heavy atom. The predicted octanol–water partition coefficient (Wildman–Crippen LogP) is 3.65. The van der Waals surface area contributed by atoms with Crippen molar-refractivity contribution in [2.24, 2.45) is 0 Å². The summed E-state index contributed by atoms with van der Waals surface area (Å²) in [7, 11) is 1.60. The Kier molecular flexibility index (Phi) is 6.04. The van der Waals surface area contributed by atoms with Gasteiger partial charge in [-0.25, -0.2) is 4.98 Å². The minimum absolute atomic E-state index is 0.0501. The zero-order valence-corrected chi connectivity index (χ0v) is 17.8. The zero-order chi connectivity index (χ0) is 22.7. The summed E-state index contributed by atoms with van der Waals surface area (Å²) in [4.78, 5) is 34.3. The van der Waals surface area contributed by atoms with Crippen LogP contribution in [0.15, 0.2) is 66.0 Å². The molecule has 0 saturated carbocycles. The molecular formula is C23H19ClN4O4. The van der Waals surface area contributed by atoms with E-state index in [9.17, 15) is 14.7 Å². The van der Waals surface area contributed by atoms with Crippen LogP contribution in [0.3, 0.4) is 0 Å². The van der Waals surface area contributed by atoms with Crippen LogP contribution >= 0.6 is 11.6 Å². The lowest BCUT2D eigenvalue weighted by Crippen LogP contribution is -2.23. The summed E-state index contributed by atoms with van der Waals surface area (Å²) < 4.78 is 6.86. The van der Waals surface area contributed by atoms with E-state index in [0.29, 0.717) is 18.5 Å². The number of halogens is 1. The Labute approximate surface area is 188 Å². The first-order chi connectivity index (χ1) is 15.5. The predicted molar refractivity (Wildman–Crippen MR) is 122 cm³/mol. The third kappa shape index (κ3) is 4.26. The number of benzene rings is 2. The van der Waals surface area contributed by atoms with Crippen molar-refractivity contribution in [1.29, 1.82) is 0 Å². The summed E-state index contributed by atoms with van der Waals surface area (Å²) in [6, 6.07) is 11.7. The van der Waals surface area contributed by atoms with Crippen molar-refractivity contribution in [3.63, 3.8) is 0 Å². The summed E-state index contributed by atoms with van der Waals surface area (Å²) in [6.45, 7) is 0.380. The van der Waals surface area contributed by atoms with Crippen molar-refractivity contribution < 1.29 is 14.6 Å². The number of amides is 1. The molecule has 0 spiro atoms. The van der Waals surface area contributed by atoms with Gasteiger partial charge in [-0.1, -0.05) is 29.8 Å². The number of carbonyl (C=O) groups is 1. The number of anilines is 1. The molecule has 1 amide bonds. The molecule has 0 bridgehead atoms. The van der Waals surface area contributed by atoms with Gasteiger partial charge in [0.1, 0.15) is 11.5 Å². The van der Waals surface area contributed by atoms with Crippen LogP contribution in [-0.2, 0) is 13.0 Å². The van der Waals surface area contributed by atoms with E-state index in [2.05, 4.69) is 15.3 Å². The maximum atomic E-state index is 13.2. The third-order valence-electron chi connectivity index (χ3n) is 5.01. The van der Waals surface area contributed by atoms with E-state index in [-0.39, 0.29) is 33.0 Å². The molecule has 4 rings (SSSR count). The number of phenols is 1. The first kappa shape index (κ1) is 21.3. The molecule has 8 nitrogen and oxygen atoms in total. The summed E-state index contributed by atoms with van der Waals surface area (Å²) in [5.41, 5.74) is 1.50. The molecule has 0 aliphatic carbocycles. The van der Waals surface area contributed by atoms with Gasteiger partial charge in [0, 0.05) is 12.1 Å². The number of nitrogens with one attached hydrogen (secondary N) is 1. The minimum Gasteiger partial charge on any atom is -0.506 e. The van der Waals surface area contributed by atoms with Crippen LogP contribution < -0.4 is 15.6 Å². The van der Waals surface area contributed by atoms with Gasteiger partial charge in [0.2, 0.25) is 0 Å².